The zero-order valence-electron chi connectivity index (χ0n) is 13.7. The third-order valence-corrected chi connectivity index (χ3v) is 5.46. The van der Waals surface area contributed by atoms with Gasteiger partial charge >= 0.3 is 0 Å². The largest absolute Gasteiger partial charge is 0.394 e. The van der Waals surface area contributed by atoms with Crippen molar-refractivity contribution in [2.45, 2.75) is 29.6 Å². The highest BCUT2D eigenvalue weighted by Crippen LogP contribution is 2.42. The van der Waals surface area contributed by atoms with Crippen LogP contribution in [0.4, 0.5) is 0 Å². The van der Waals surface area contributed by atoms with Crippen LogP contribution in [0, 0.1) is 0 Å². The van der Waals surface area contributed by atoms with E-state index >= 15 is 0 Å². The van der Waals surface area contributed by atoms with E-state index in [2.05, 4.69) is 27.6 Å². The first kappa shape index (κ1) is 17.2. The van der Waals surface area contributed by atoms with Crippen molar-refractivity contribution in [1.82, 2.24) is 19.5 Å². The summed E-state index contributed by atoms with van der Waals surface area (Å²) in [5.74, 6) is 0. The van der Waals surface area contributed by atoms with Crippen molar-refractivity contribution in [3.8, 4) is 0 Å². The van der Waals surface area contributed by atoms with Gasteiger partial charge in [-0.3, -0.25) is 9.36 Å². The molecular weight excluding hydrogens is 356 g/mol. The average Bonchev–Trinajstić information content (AvgIpc) is 3.19. The summed E-state index contributed by atoms with van der Waals surface area (Å²) in [7, 11) is 0. The van der Waals surface area contributed by atoms with E-state index in [0.717, 1.165) is 5.56 Å². The number of aliphatic hydroxyl groups is 2. The molecule has 4 rings (SSSR count). The molecule has 1 aliphatic heterocycles. The molecular formula is C17H18N4O4S. The summed E-state index contributed by atoms with van der Waals surface area (Å²) in [5, 5.41) is 19.4. The van der Waals surface area contributed by atoms with E-state index in [1.165, 1.54) is 12.7 Å². The number of aromatic amines is 1. The van der Waals surface area contributed by atoms with Gasteiger partial charge in [0.05, 0.1) is 30.6 Å². The van der Waals surface area contributed by atoms with Crippen molar-refractivity contribution in [1.29, 1.82) is 0 Å². The predicted octanol–water partition coefficient (Wildman–Crippen LogP) is 0.0655. The smallest absolute Gasteiger partial charge is 0.278 e. The molecule has 0 radical (unpaired) electrons. The quantitative estimate of drug-likeness (QED) is 0.481. The van der Waals surface area contributed by atoms with Crippen LogP contribution in [0.1, 0.15) is 5.56 Å². The zero-order valence-corrected chi connectivity index (χ0v) is 14.6. The van der Waals surface area contributed by atoms with Crippen LogP contribution in [0.15, 0.2) is 47.8 Å². The number of H-pyrrole nitrogens is 1. The first-order chi connectivity index (χ1) is 12.6. The van der Waals surface area contributed by atoms with Crippen LogP contribution in [0.5, 0.6) is 0 Å². The standard InChI is InChI=1S/C17H18N4O4S/c22-7-11-13(23)14(26)17(25-11,6-10-4-2-1-3-5-10)21-9-20-12-15(21)18-8-19-16(12)24/h1-5,8-9,11,13-14,22-23,26H,6-7H2,(H,18,19,24)/t11-,13-,14-,17-/m1/s1. The van der Waals surface area contributed by atoms with E-state index in [9.17, 15) is 15.0 Å². The van der Waals surface area contributed by atoms with Crippen LogP contribution < -0.4 is 5.56 Å². The number of fused-ring (bicyclic) bond motifs is 1. The van der Waals surface area contributed by atoms with Gasteiger partial charge in [-0.15, -0.1) is 0 Å². The summed E-state index contributed by atoms with van der Waals surface area (Å²) >= 11 is 4.60. The second kappa shape index (κ2) is 6.51. The van der Waals surface area contributed by atoms with Gasteiger partial charge in [0.25, 0.3) is 5.56 Å². The van der Waals surface area contributed by atoms with Crippen LogP contribution in [-0.2, 0) is 16.9 Å². The first-order valence-electron chi connectivity index (χ1n) is 8.17. The molecule has 4 atom stereocenters. The van der Waals surface area contributed by atoms with Gasteiger partial charge in [0.15, 0.2) is 16.9 Å². The van der Waals surface area contributed by atoms with Crippen molar-refractivity contribution >= 4 is 23.8 Å². The first-order valence-corrected chi connectivity index (χ1v) is 8.68. The topological polar surface area (TPSA) is 113 Å². The minimum absolute atomic E-state index is 0.172. The lowest BCUT2D eigenvalue weighted by Gasteiger charge is -2.34. The number of nitrogens with one attached hydrogen (secondary N) is 1. The Labute approximate surface area is 153 Å². The maximum atomic E-state index is 12.0. The molecule has 0 aliphatic carbocycles. The number of nitrogens with zero attached hydrogens (tertiary/aromatic N) is 3. The maximum absolute atomic E-state index is 12.0. The third kappa shape index (κ3) is 2.55. The molecule has 9 heteroatoms. The summed E-state index contributed by atoms with van der Waals surface area (Å²) in [6, 6.07) is 9.58. The van der Waals surface area contributed by atoms with Gasteiger partial charge in [-0.05, 0) is 5.56 Å². The molecule has 0 saturated carbocycles. The molecule has 3 N–H and O–H groups in total. The van der Waals surface area contributed by atoms with Crippen molar-refractivity contribution in [3.05, 3.63) is 58.9 Å². The van der Waals surface area contributed by atoms with Crippen molar-refractivity contribution < 1.29 is 14.9 Å². The molecule has 8 nitrogen and oxygen atoms in total. The van der Waals surface area contributed by atoms with Crippen LogP contribution in [0.25, 0.3) is 11.2 Å². The molecule has 136 valence electrons. The van der Waals surface area contributed by atoms with E-state index in [1.807, 2.05) is 30.3 Å². The van der Waals surface area contributed by atoms with Gasteiger partial charge < -0.3 is 19.9 Å². The third-order valence-electron chi connectivity index (χ3n) is 4.75. The van der Waals surface area contributed by atoms with E-state index < -0.39 is 23.2 Å². The lowest BCUT2D eigenvalue weighted by atomic mass is 9.97. The van der Waals surface area contributed by atoms with Gasteiger partial charge in [0, 0.05) is 6.42 Å². The number of hydrogen-bond donors (Lipinski definition) is 4. The molecule has 2 aromatic heterocycles. The Hall–Kier alpha value is -2.20. The lowest BCUT2D eigenvalue weighted by molar-refractivity contribution is -0.113. The average molecular weight is 374 g/mol. The van der Waals surface area contributed by atoms with Gasteiger partial charge in [0.2, 0.25) is 0 Å². The van der Waals surface area contributed by atoms with Crippen LogP contribution in [-0.4, -0.2) is 53.8 Å². The Balaban J connectivity index is 1.91. The maximum Gasteiger partial charge on any atom is 0.278 e. The Bertz CT molecular complexity index is 976. The molecule has 1 aliphatic rings. The minimum atomic E-state index is -1.16. The van der Waals surface area contributed by atoms with Crippen molar-refractivity contribution in [3.63, 3.8) is 0 Å². The molecule has 0 bridgehead atoms. The SMILES string of the molecule is O=c1[nH]cnc2c1ncn2[C@]1(Cc2ccccc2)O[C@H](CO)[C@@H](O)[C@H]1S. The number of rotatable bonds is 4. The molecule has 3 heterocycles. The second-order valence-electron chi connectivity index (χ2n) is 6.30. The van der Waals surface area contributed by atoms with E-state index in [4.69, 9.17) is 4.74 Å². The summed E-state index contributed by atoms with van der Waals surface area (Å²) < 4.78 is 7.74. The van der Waals surface area contributed by atoms with Crippen molar-refractivity contribution in [2.75, 3.05) is 6.61 Å². The van der Waals surface area contributed by atoms with Gasteiger partial charge in [-0.1, -0.05) is 30.3 Å². The van der Waals surface area contributed by atoms with Gasteiger partial charge in [-0.2, -0.15) is 12.6 Å². The normalized spacial score (nSPS) is 28.7. The van der Waals surface area contributed by atoms with Gasteiger partial charge in [0.1, 0.15) is 6.10 Å². The summed E-state index contributed by atoms with van der Waals surface area (Å²) in [6.07, 6.45) is 1.31. The molecule has 3 aromatic rings. The predicted molar refractivity (Wildman–Crippen MR) is 97.0 cm³/mol. The Morgan fingerprint density at radius 1 is 1.31 bits per heavy atom. The number of ether oxygens (including phenoxy) is 1. The lowest BCUT2D eigenvalue weighted by Crippen LogP contribution is -2.44. The summed E-state index contributed by atoms with van der Waals surface area (Å²) in [4.78, 5) is 22.9. The Morgan fingerprint density at radius 3 is 2.77 bits per heavy atom. The number of benzene rings is 1. The van der Waals surface area contributed by atoms with Crippen LogP contribution in [0.2, 0.25) is 0 Å². The Kier molecular flexibility index (Phi) is 4.31. The molecule has 26 heavy (non-hydrogen) atoms. The fourth-order valence-electron chi connectivity index (χ4n) is 3.46. The minimum Gasteiger partial charge on any atom is -0.394 e. The molecule has 0 spiro atoms. The second-order valence-corrected chi connectivity index (χ2v) is 6.86. The molecule has 1 fully saturated rings. The number of thiol groups is 1. The monoisotopic (exact) mass is 374 g/mol. The highest BCUT2D eigenvalue weighted by atomic mass is 32.1. The Morgan fingerprint density at radius 2 is 2.08 bits per heavy atom. The van der Waals surface area contributed by atoms with Gasteiger partial charge in [-0.25, -0.2) is 9.97 Å². The molecule has 1 saturated heterocycles. The molecule has 0 amide bonds. The van der Waals surface area contributed by atoms with E-state index in [1.54, 1.807) is 4.57 Å². The molecule has 0 unspecified atom stereocenters. The number of hydrogen-bond acceptors (Lipinski definition) is 7. The fourth-order valence-corrected chi connectivity index (χ4v) is 3.93. The highest BCUT2D eigenvalue weighted by Gasteiger charge is 2.54. The highest BCUT2D eigenvalue weighted by molar-refractivity contribution is 7.81. The van der Waals surface area contributed by atoms with E-state index in [0.29, 0.717) is 12.1 Å². The van der Waals surface area contributed by atoms with E-state index in [-0.39, 0.29) is 17.7 Å². The number of imidazole rings is 1. The van der Waals surface area contributed by atoms with Crippen LogP contribution in [0.3, 0.4) is 0 Å². The summed E-state index contributed by atoms with van der Waals surface area (Å²) in [5.41, 5.74) is -0.0755. The number of aromatic nitrogens is 4. The molecule has 1 aromatic carbocycles. The summed E-state index contributed by atoms with van der Waals surface area (Å²) in [6.45, 7) is -0.352. The fraction of sp³-hybridized carbons (Fsp3) is 0.353. The van der Waals surface area contributed by atoms with Crippen molar-refractivity contribution in [2.24, 2.45) is 0 Å². The number of aliphatic hydroxyl groups excluding tert-OH is 2. The van der Waals surface area contributed by atoms with Crippen LogP contribution >= 0.6 is 12.6 Å². The zero-order chi connectivity index (χ0) is 18.3.